The number of hydrogen-bond donors (Lipinski definition) is 1. The highest BCUT2D eigenvalue weighted by Gasteiger charge is 2.32. The van der Waals surface area contributed by atoms with Gasteiger partial charge in [0.25, 0.3) is 5.56 Å². The minimum atomic E-state index is -4.72. The molecule has 128 valence electrons. The van der Waals surface area contributed by atoms with Gasteiger partial charge in [0.05, 0.1) is 10.6 Å². The Morgan fingerprint density at radius 3 is 2.42 bits per heavy atom. The monoisotopic (exact) mass is 382 g/mol. The Bertz CT molecular complexity index is 850. The lowest BCUT2D eigenvalue weighted by molar-refractivity contribution is -0.138. The van der Waals surface area contributed by atoms with Crippen LogP contribution in [0.15, 0.2) is 35.3 Å². The molecular formula is C14H8Cl2F4N2O2. The summed E-state index contributed by atoms with van der Waals surface area (Å²) < 4.78 is 51.7. The van der Waals surface area contributed by atoms with Crippen LogP contribution in [0.5, 0.6) is 0 Å². The molecule has 2 rings (SSSR count). The molecule has 0 atom stereocenters. The second-order valence-electron chi connectivity index (χ2n) is 4.68. The van der Waals surface area contributed by atoms with Crippen molar-refractivity contribution in [3.05, 3.63) is 62.2 Å². The van der Waals surface area contributed by atoms with Gasteiger partial charge < -0.3 is 9.88 Å². The minimum absolute atomic E-state index is 0.123. The van der Waals surface area contributed by atoms with E-state index in [0.29, 0.717) is 16.8 Å². The molecule has 0 aliphatic rings. The fourth-order valence-corrected chi connectivity index (χ4v) is 2.21. The van der Waals surface area contributed by atoms with Gasteiger partial charge in [-0.3, -0.25) is 9.59 Å². The van der Waals surface area contributed by atoms with Crippen LogP contribution in [0.4, 0.5) is 23.2 Å². The molecular weight excluding hydrogens is 375 g/mol. The number of aromatic nitrogens is 1. The number of carbonyl (C=O) groups is 1. The molecule has 0 saturated carbocycles. The van der Waals surface area contributed by atoms with Crippen molar-refractivity contribution >= 4 is 34.8 Å². The van der Waals surface area contributed by atoms with Crippen LogP contribution in [0.3, 0.4) is 0 Å². The predicted octanol–water partition coefficient (Wildman–Crippen LogP) is 3.95. The van der Waals surface area contributed by atoms with Crippen LogP contribution >= 0.6 is 23.2 Å². The fraction of sp³-hybridized carbons (Fsp3) is 0.143. The van der Waals surface area contributed by atoms with E-state index in [4.69, 9.17) is 23.2 Å². The zero-order valence-electron chi connectivity index (χ0n) is 11.6. The number of benzene rings is 1. The van der Waals surface area contributed by atoms with Crippen molar-refractivity contribution in [3.8, 4) is 0 Å². The minimum Gasteiger partial charge on any atom is -0.324 e. The maximum Gasteiger partial charge on any atom is 0.417 e. The number of rotatable bonds is 3. The van der Waals surface area contributed by atoms with E-state index in [1.165, 1.54) is 6.07 Å². The van der Waals surface area contributed by atoms with Gasteiger partial charge in [-0.05, 0) is 24.3 Å². The van der Waals surface area contributed by atoms with Gasteiger partial charge in [-0.1, -0.05) is 23.2 Å². The van der Waals surface area contributed by atoms with Gasteiger partial charge in [-0.15, -0.1) is 0 Å². The number of halogens is 6. The quantitative estimate of drug-likeness (QED) is 0.817. The van der Waals surface area contributed by atoms with Gasteiger partial charge in [0.2, 0.25) is 5.91 Å². The lowest BCUT2D eigenvalue weighted by Gasteiger charge is -2.12. The highest BCUT2D eigenvalue weighted by atomic mass is 35.5. The van der Waals surface area contributed by atoms with Crippen molar-refractivity contribution in [3.63, 3.8) is 0 Å². The molecule has 4 nitrogen and oxygen atoms in total. The fourth-order valence-electron chi connectivity index (χ4n) is 1.80. The zero-order valence-corrected chi connectivity index (χ0v) is 13.1. The van der Waals surface area contributed by atoms with Gasteiger partial charge in [0, 0.05) is 11.9 Å². The molecule has 10 heteroatoms. The summed E-state index contributed by atoms with van der Waals surface area (Å²) in [6.07, 6.45) is -4.23. The van der Waals surface area contributed by atoms with E-state index in [2.05, 4.69) is 5.32 Å². The smallest absolute Gasteiger partial charge is 0.324 e. The third-order valence-corrected chi connectivity index (χ3v) is 3.45. The first-order valence-electron chi connectivity index (χ1n) is 6.30. The lowest BCUT2D eigenvalue weighted by atomic mass is 10.2. The van der Waals surface area contributed by atoms with E-state index in [1.807, 2.05) is 0 Å². The number of carbonyl (C=O) groups excluding carboxylic acids is 1. The topological polar surface area (TPSA) is 51.1 Å². The molecule has 0 spiro atoms. The van der Waals surface area contributed by atoms with E-state index in [1.54, 1.807) is 0 Å². The lowest BCUT2D eigenvalue weighted by Crippen LogP contribution is -2.29. The largest absolute Gasteiger partial charge is 0.417 e. The standard InChI is InChI=1S/C14H8Cl2F4N2O2/c15-9-4-8(1-2-11(9)17)21-12(23)6-22-5-7(14(18,19)20)3-10(16)13(22)24/h1-5H,6H2,(H,21,23). The van der Waals surface area contributed by atoms with Crippen LogP contribution in [-0.4, -0.2) is 10.5 Å². The Labute approximate surface area is 142 Å². The summed E-state index contributed by atoms with van der Waals surface area (Å²) in [6.45, 7) is -0.711. The van der Waals surface area contributed by atoms with Gasteiger partial charge in [-0.25, -0.2) is 4.39 Å². The maximum absolute atomic E-state index is 13.0. The van der Waals surface area contributed by atoms with Gasteiger partial charge in [0.15, 0.2) is 0 Å². The Morgan fingerprint density at radius 2 is 1.83 bits per heavy atom. The van der Waals surface area contributed by atoms with Crippen LogP contribution in [0.25, 0.3) is 0 Å². The third-order valence-electron chi connectivity index (χ3n) is 2.89. The van der Waals surface area contributed by atoms with Crippen LogP contribution in [0, 0.1) is 5.82 Å². The summed E-state index contributed by atoms with van der Waals surface area (Å²) in [7, 11) is 0. The van der Waals surface area contributed by atoms with Crippen molar-refractivity contribution in [2.45, 2.75) is 12.7 Å². The third kappa shape index (κ3) is 4.27. The van der Waals surface area contributed by atoms with Crippen molar-refractivity contribution in [1.82, 2.24) is 4.57 Å². The molecule has 1 aromatic carbocycles. The van der Waals surface area contributed by atoms with Crippen molar-refractivity contribution in [2.75, 3.05) is 5.32 Å². The molecule has 1 heterocycles. The normalized spacial score (nSPS) is 11.4. The van der Waals surface area contributed by atoms with Crippen LogP contribution in [-0.2, 0) is 17.5 Å². The Kier molecular flexibility index (Phi) is 5.19. The van der Waals surface area contributed by atoms with E-state index in [0.717, 1.165) is 12.1 Å². The van der Waals surface area contributed by atoms with Gasteiger partial charge in [-0.2, -0.15) is 13.2 Å². The van der Waals surface area contributed by atoms with Crippen molar-refractivity contribution < 1.29 is 22.4 Å². The molecule has 0 aliphatic carbocycles. The number of nitrogens with one attached hydrogen (secondary N) is 1. The molecule has 1 amide bonds. The molecule has 24 heavy (non-hydrogen) atoms. The Balaban J connectivity index is 2.24. The molecule has 1 aromatic heterocycles. The molecule has 0 unspecified atom stereocenters. The molecule has 2 aromatic rings. The molecule has 0 radical (unpaired) electrons. The van der Waals surface area contributed by atoms with Crippen LogP contribution in [0.1, 0.15) is 5.56 Å². The average molecular weight is 383 g/mol. The molecule has 0 aliphatic heterocycles. The van der Waals surface area contributed by atoms with Crippen LogP contribution in [0.2, 0.25) is 10.0 Å². The summed E-state index contributed by atoms with van der Waals surface area (Å²) in [4.78, 5) is 23.6. The summed E-state index contributed by atoms with van der Waals surface area (Å²) in [5, 5.41) is 1.38. The SMILES string of the molecule is O=C(Cn1cc(C(F)(F)F)cc(Cl)c1=O)Nc1ccc(F)c(Cl)c1. The van der Waals surface area contributed by atoms with E-state index in [-0.39, 0.29) is 10.7 Å². The second-order valence-corrected chi connectivity index (χ2v) is 5.50. The van der Waals surface area contributed by atoms with E-state index >= 15 is 0 Å². The molecule has 0 fully saturated rings. The molecule has 0 saturated heterocycles. The first kappa shape index (κ1) is 18.3. The van der Waals surface area contributed by atoms with Crippen molar-refractivity contribution in [1.29, 1.82) is 0 Å². The first-order valence-corrected chi connectivity index (χ1v) is 7.05. The summed E-state index contributed by atoms with van der Waals surface area (Å²) >= 11 is 11.0. The maximum atomic E-state index is 13.0. The second kappa shape index (κ2) is 6.82. The average Bonchev–Trinajstić information content (AvgIpc) is 2.46. The summed E-state index contributed by atoms with van der Waals surface area (Å²) in [6, 6.07) is 3.82. The number of nitrogens with zero attached hydrogens (tertiary/aromatic N) is 1. The highest BCUT2D eigenvalue weighted by Crippen LogP contribution is 2.29. The van der Waals surface area contributed by atoms with Gasteiger partial charge in [0.1, 0.15) is 17.4 Å². The number of hydrogen-bond acceptors (Lipinski definition) is 2. The number of alkyl halides is 3. The Morgan fingerprint density at radius 1 is 1.17 bits per heavy atom. The van der Waals surface area contributed by atoms with Gasteiger partial charge >= 0.3 is 6.18 Å². The number of pyridine rings is 1. The summed E-state index contributed by atoms with van der Waals surface area (Å²) in [5.74, 6) is -1.51. The summed E-state index contributed by atoms with van der Waals surface area (Å²) in [5.41, 5.74) is -1.99. The zero-order chi connectivity index (χ0) is 18.1. The molecule has 0 bridgehead atoms. The van der Waals surface area contributed by atoms with E-state index in [9.17, 15) is 27.2 Å². The van der Waals surface area contributed by atoms with E-state index < -0.39 is 40.6 Å². The molecule has 1 N–H and O–H groups in total. The number of amides is 1. The number of anilines is 1. The van der Waals surface area contributed by atoms with Crippen molar-refractivity contribution in [2.24, 2.45) is 0 Å². The Hall–Kier alpha value is -2.06. The first-order chi connectivity index (χ1) is 11.1. The highest BCUT2D eigenvalue weighted by molar-refractivity contribution is 6.31. The predicted molar refractivity (Wildman–Crippen MR) is 80.8 cm³/mol. The van der Waals surface area contributed by atoms with Crippen LogP contribution < -0.4 is 10.9 Å².